The number of halogens is 1. The van der Waals surface area contributed by atoms with Crippen LogP contribution in [0.3, 0.4) is 0 Å². The molecule has 3 rings (SSSR count). The number of carbonyl (C=O) groups excluding carboxylic acids is 2. The summed E-state index contributed by atoms with van der Waals surface area (Å²) in [6.07, 6.45) is 1.37. The summed E-state index contributed by atoms with van der Waals surface area (Å²) in [4.78, 5) is 40.8. The Balaban J connectivity index is 1.60. The van der Waals surface area contributed by atoms with E-state index in [9.17, 15) is 14.4 Å². The summed E-state index contributed by atoms with van der Waals surface area (Å²) in [5.74, 6) is -0.292. The van der Waals surface area contributed by atoms with Gasteiger partial charge >= 0.3 is 5.97 Å². The first-order chi connectivity index (χ1) is 13.9. The van der Waals surface area contributed by atoms with Crippen LogP contribution in [-0.4, -0.2) is 28.2 Å². The molecule has 0 bridgehead atoms. The summed E-state index contributed by atoms with van der Waals surface area (Å²) in [7, 11) is 1.49. The van der Waals surface area contributed by atoms with Crippen molar-refractivity contribution in [3.63, 3.8) is 0 Å². The van der Waals surface area contributed by atoms with Crippen LogP contribution in [0.1, 0.15) is 34.5 Å². The van der Waals surface area contributed by atoms with Gasteiger partial charge in [0.1, 0.15) is 18.0 Å². The molecule has 3 aromatic rings. The fourth-order valence-corrected chi connectivity index (χ4v) is 2.98. The fourth-order valence-electron chi connectivity index (χ4n) is 2.82. The van der Waals surface area contributed by atoms with Crippen LogP contribution in [-0.2, 0) is 16.1 Å². The minimum atomic E-state index is -0.553. The van der Waals surface area contributed by atoms with Crippen molar-refractivity contribution >= 4 is 29.0 Å². The van der Waals surface area contributed by atoms with Crippen LogP contribution in [0.2, 0.25) is 5.02 Å². The number of hydrogen-bond donors (Lipinski definition) is 0. The van der Waals surface area contributed by atoms with Crippen LogP contribution in [0.5, 0.6) is 5.75 Å². The second kappa shape index (κ2) is 8.87. The van der Waals surface area contributed by atoms with Gasteiger partial charge in [0, 0.05) is 18.7 Å². The monoisotopic (exact) mass is 414 g/mol. The molecule has 0 aliphatic heterocycles. The van der Waals surface area contributed by atoms with Gasteiger partial charge < -0.3 is 9.47 Å². The number of methoxy groups -OCH3 is 1. The number of ether oxygens (including phenoxy) is 2. The van der Waals surface area contributed by atoms with Crippen molar-refractivity contribution in [3.05, 3.63) is 74.8 Å². The van der Waals surface area contributed by atoms with E-state index >= 15 is 0 Å². The van der Waals surface area contributed by atoms with E-state index in [1.807, 2.05) is 13.0 Å². The number of hydrogen-bond acceptors (Lipinski definition) is 6. The first-order valence-corrected chi connectivity index (χ1v) is 9.26. The van der Waals surface area contributed by atoms with Crippen LogP contribution in [0.25, 0.3) is 5.65 Å². The number of rotatable bonds is 7. The summed E-state index contributed by atoms with van der Waals surface area (Å²) in [5.41, 5.74) is 1.74. The number of aromatic nitrogens is 2. The lowest BCUT2D eigenvalue weighted by Gasteiger charge is -2.09. The zero-order valence-electron chi connectivity index (χ0n) is 16.0. The molecule has 2 heterocycles. The van der Waals surface area contributed by atoms with Gasteiger partial charge in [0.05, 0.1) is 29.8 Å². The van der Waals surface area contributed by atoms with Crippen molar-refractivity contribution in [1.29, 1.82) is 0 Å². The van der Waals surface area contributed by atoms with Gasteiger partial charge in [-0.25, -0.2) is 4.98 Å². The highest BCUT2D eigenvalue weighted by Crippen LogP contribution is 2.21. The van der Waals surface area contributed by atoms with Crippen molar-refractivity contribution in [2.24, 2.45) is 0 Å². The van der Waals surface area contributed by atoms with Crippen molar-refractivity contribution in [3.8, 4) is 5.75 Å². The molecule has 2 aromatic heterocycles. The summed E-state index contributed by atoms with van der Waals surface area (Å²) >= 11 is 5.87. The average molecular weight is 415 g/mol. The van der Waals surface area contributed by atoms with E-state index in [-0.39, 0.29) is 30.8 Å². The third-order valence-corrected chi connectivity index (χ3v) is 4.49. The molecule has 0 saturated heterocycles. The highest BCUT2D eigenvalue weighted by Gasteiger charge is 2.15. The second-order valence-electron chi connectivity index (χ2n) is 6.45. The number of nitrogens with zero attached hydrogens (tertiary/aromatic N) is 2. The zero-order valence-corrected chi connectivity index (χ0v) is 16.7. The molecule has 0 atom stereocenters. The molecule has 1 aromatic carbocycles. The predicted octanol–water partition coefficient (Wildman–Crippen LogP) is 3.37. The maximum absolute atomic E-state index is 12.4. The fraction of sp³-hybridized carbons (Fsp3) is 0.238. The topological polar surface area (TPSA) is 87.0 Å². The first kappa shape index (κ1) is 20.5. The summed E-state index contributed by atoms with van der Waals surface area (Å²) < 4.78 is 11.7. The minimum Gasteiger partial charge on any atom is -0.496 e. The molecule has 0 fully saturated rings. The molecule has 150 valence electrons. The summed E-state index contributed by atoms with van der Waals surface area (Å²) in [6.45, 7) is 1.71. The Morgan fingerprint density at radius 1 is 1.14 bits per heavy atom. The van der Waals surface area contributed by atoms with Crippen molar-refractivity contribution in [2.45, 2.75) is 26.4 Å². The van der Waals surface area contributed by atoms with Gasteiger partial charge in [-0.15, -0.1) is 0 Å². The minimum absolute atomic E-state index is 0.00898. The zero-order chi connectivity index (χ0) is 21.0. The Hall–Kier alpha value is -3.19. The summed E-state index contributed by atoms with van der Waals surface area (Å²) in [6, 6.07) is 9.78. The molecule has 0 saturated carbocycles. The van der Waals surface area contributed by atoms with Crippen molar-refractivity contribution < 1.29 is 19.1 Å². The van der Waals surface area contributed by atoms with Gasteiger partial charge in [-0.05, 0) is 31.2 Å². The molecule has 0 radical (unpaired) electrons. The molecule has 29 heavy (non-hydrogen) atoms. The molecule has 0 aliphatic rings. The number of esters is 1. The van der Waals surface area contributed by atoms with Crippen molar-refractivity contribution in [2.75, 3.05) is 7.11 Å². The van der Waals surface area contributed by atoms with Gasteiger partial charge in [0.25, 0.3) is 5.56 Å². The summed E-state index contributed by atoms with van der Waals surface area (Å²) in [5, 5.41) is 0.412. The van der Waals surface area contributed by atoms with E-state index in [0.717, 1.165) is 5.56 Å². The molecule has 8 heteroatoms. The number of carbonyl (C=O) groups is 2. The van der Waals surface area contributed by atoms with Gasteiger partial charge in [0.15, 0.2) is 5.78 Å². The number of aryl methyl sites for hydroxylation is 1. The Labute approximate surface area is 171 Å². The second-order valence-corrected chi connectivity index (χ2v) is 6.89. The average Bonchev–Trinajstić information content (AvgIpc) is 2.71. The van der Waals surface area contributed by atoms with Gasteiger partial charge in [-0.2, -0.15) is 0 Å². The van der Waals surface area contributed by atoms with Crippen LogP contribution < -0.4 is 10.3 Å². The maximum Gasteiger partial charge on any atom is 0.306 e. The number of pyridine rings is 1. The first-order valence-electron chi connectivity index (χ1n) is 8.88. The third kappa shape index (κ3) is 5.00. The molecule has 0 unspecified atom stereocenters. The van der Waals surface area contributed by atoms with Gasteiger partial charge in [-0.3, -0.25) is 18.8 Å². The Kier molecular flexibility index (Phi) is 6.29. The van der Waals surface area contributed by atoms with Crippen molar-refractivity contribution in [1.82, 2.24) is 9.38 Å². The predicted molar refractivity (Wildman–Crippen MR) is 108 cm³/mol. The Morgan fingerprint density at radius 2 is 1.93 bits per heavy atom. The van der Waals surface area contributed by atoms with E-state index in [0.29, 0.717) is 27.7 Å². The quantitative estimate of drug-likeness (QED) is 0.435. The molecule has 7 nitrogen and oxygen atoms in total. The van der Waals surface area contributed by atoms with Gasteiger partial charge in [0.2, 0.25) is 0 Å². The lowest BCUT2D eigenvalue weighted by molar-refractivity contribution is -0.145. The number of fused-ring (bicyclic) bond motifs is 1. The smallest absolute Gasteiger partial charge is 0.306 e. The number of ketones is 1. The Morgan fingerprint density at radius 3 is 2.69 bits per heavy atom. The van der Waals surface area contributed by atoms with E-state index in [4.69, 9.17) is 21.1 Å². The van der Waals surface area contributed by atoms with E-state index in [2.05, 4.69) is 4.98 Å². The normalized spacial score (nSPS) is 10.7. The van der Waals surface area contributed by atoms with E-state index in [1.54, 1.807) is 24.3 Å². The number of Topliss-reactive ketones (excluding diaryl/α,β-unsaturated/α-hetero) is 1. The molecular formula is C21H19ClN2O5. The molecular weight excluding hydrogens is 396 g/mol. The lowest BCUT2D eigenvalue weighted by Crippen LogP contribution is -2.16. The lowest BCUT2D eigenvalue weighted by atomic mass is 10.0. The molecule has 0 N–H and O–H groups in total. The maximum atomic E-state index is 12.4. The van der Waals surface area contributed by atoms with E-state index in [1.165, 1.54) is 23.8 Å². The molecule has 0 spiro atoms. The van der Waals surface area contributed by atoms with Crippen LogP contribution >= 0.6 is 11.6 Å². The SMILES string of the molecule is COc1ccc(C)cc1C(=O)CCC(=O)OCc1cc(=O)n2cc(Cl)ccc2n1. The largest absolute Gasteiger partial charge is 0.496 e. The van der Waals surface area contributed by atoms with Gasteiger partial charge in [-0.1, -0.05) is 23.2 Å². The highest BCUT2D eigenvalue weighted by molar-refractivity contribution is 6.30. The Bertz CT molecular complexity index is 1140. The van der Waals surface area contributed by atoms with Crippen LogP contribution in [0.15, 0.2) is 47.4 Å². The number of benzene rings is 1. The van der Waals surface area contributed by atoms with E-state index < -0.39 is 5.97 Å². The van der Waals surface area contributed by atoms with Crippen LogP contribution in [0, 0.1) is 6.92 Å². The third-order valence-electron chi connectivity index (χ3n) is 4.27. The van der Waals surface area contributed by atoms with Crippen LogP contribution in [0.4, 0.5) is 0 Å². The molecule has 0 aliphatic carbocycles. The highest BCUT2D eigenvalue weighted by atomic mass is 35.5. The molecule has 0 amide bonds. The standard InChI is InChI=1S/C21H19ClN2O5/c1-13-3-6-18(28-2)16(9-13)17(25)5-8-21(27)29-12-15-10-20(26)24-11-14(22)4-7-19(24)23-15/h3-4,6-7,9-11H,5,8,12H2,1-2H3.